The Hall–Kier alpha value is -4.26. The Kier molecular flexibility index (Phi) is 5.81. The van der Waals surface area contributed by atoms with E-state index in [2.05, 4.69) is 0 Å². The first-order chi connectivity index (χ1) is 15.5. The highest BCUT2D eigenvalue weighted by atomic mass is 16.5. The van der Waals surface area contributed by atoms with Gasteiger partial charge in [0.1, 0.15) is 0 Å². The summed E-state index contributed by atoms with van der Waals surface area (Å²) in [6, 6.07) is 22.0. The number of carbonyl (C=O) groups is 4. The molecule has 0 unspecified atom stereocenters. The summed E-state index contributed by atoms with van der Waals surface area (Å²) in [5.41, 5.74) is 2.23. The van der Waals surface area contributed by atoms with Crippen LogP contribution in [0.4, 0.5) is 5.69 Å². The van der Waals surface area contributed by atoms with Gasteiger partial charge in [0, 0.05) is 13.6 Å². The molecule has 1 heterocycles. The Morgan fingerprint density at radius 2 is 1.38 bits per heavy atom. The van der Waals surface area contributed by atoms with Crippen molar-refractivity contribution in [3.63, 3.8) is 0 Å². The second-order valence-corrected chi connectivity index (χ2v) is 7.35. The lowest BCUT2D eigenvalue weighted by Gasteiger charge is -2.17. The Balaban J connectivity index is 1.36. The van der Waals surface area contributed by atoms with Crippen molar-refractivity contribution in [2.75, 3.05) is 18.6 Å². The van der Waals surface area contributed by atoms with Crippen molar-refractivity contribution in [1.82, 2.24) is 4.90 Å². The molecule has 0 spiro atoms. The maximum absolute atomic E-state index is 12.6. The van der Waals surface area contributed by atoms with Crippen LogP contribution in [0.2, 0.25) is 0 Å². The van der Waals surface area contributed by atoms with Gasteiger partial charge in [0.25, 0.3) is 17.7 Å². The van der Waals surface area contributed by atoms with E-state index in [0.717, 1.165) is 10.5 Å². The number of esters is 1. The van der Waals surface area contributed by atoms with Crippen LogP contribution in [0.5, 0.6) is 0 Å². The number of ether oxygens (including phenoxy) is 1. The molecule has 3 aromatic rings. The number of amides is 3. The number of hydrogen-bond donors (Lipinski definition) is 0. The van der Waals surface area contributed by atoms with Gasteiger partial charge in [0.2, 0.25) is 0 Å². The van der Waals surface area contributed by atoms with Crippen molar-refractivity contribution in [3.05, 3.63) is 101 Å². The summed E-state index contributed by atoms with van der Waals surface area (Å²) in [7, 11) is 1.64. The van der Waals surface area contributed by atoms with E-state index in [4.69, 9.17) is 4.74 Å². The monoisotopic (exact) mass is 428 g/mol. The Labute approximate surface area is 184 Å². The average molecular weight is 428 g/mol. The minimum Gasteiger partial charge on any atom is -0.452 e. The summed E-state index contributed by atoms with van der Waals surface area (Å²) in [6.45, 7) is 0.0223. The molecule has 1 aliphatic heterocycles. The minimum atomic E-state index is -0.666. The highest BCUT2D eigenvalue weighted by molar-refractivity contribution is 6.34. The molecule has 1 aliphatic rings. The Bertz CT molecular complexity index is 1150. The summed E-state index contributed by atoms with van der Waals surface area (Å²) in [4.78, 5) is 52.3. The summed E-state index contributed by atoms with van der Waals surface area (Å²) in [6.07, 6.45) is 0. The number of likely N-dealkylation sites (N-methyl/N-ethyl adjacent to an activating group) is 1. The van der Waals surface area contributed by atoms with Gasteiger partial charge in [-0.25, -0.2) is 9.69 Å². The molecule has 7 nitrogen and oxygen atoms in total. The van der Waals surface area contributed by atoms with Crippen molar-refractivity contribution in [3.8, 4) is 0 Å². The fourth-order valence-corrected chi connectivity index (χ4v) is 3.44. The zero-order valence-electron chi connectivity index (χ0n) is 17.4. The van der Waals surface area contributed by atoms with Gasteiger partial charge in [-0.1, -0.05) is 42.5 Å². The van der Waals surface area contributed by atoms with E-state index >= 15 is 0 Å². The van der Waals surface area contributed by atoms with E-state index in [1.165, 1.54) is 29.2 Å². The van der Waals surface area contributed by atoms with Gasteiger partial charge in [-0.15, -0.1) is 0 Å². The first-order valence-electron chi connectivity index (χ1n) is 9.98. The molecule has 3 amide bonds. The molecule has 0 saturated heterocycles. The van der Waals surface area contributed by atoms with Gasteiger partial charge in [-0.2, -0.15) is 0 Å². The number of fused-ring (bicyclic) bond motifs is 1. The maximum atomic E-state index is 12.6. The van der Waals surface area contributed by atoms with Crippen molar-refractivity contribution >= 4 is 29.4 Å². The lowest BCUT2D eigenvalue weighted by molar-refractivity contribution is -0.133. The normalized spacial score (nSPS) is 12.5. The van der Waals surface area contributed by atoms with Gasteiger partial charge in [0.05, 0.1) is 22.4 Å². The second-order valence-electron chi connectivity index (χ2n) is 7.35. The van der Waals surface area contributed by atoms with Crippen LogP contribution in [-0.2, 0) is 16.1 Å². The quantitative estimate of drug-likeness (QED) is 0.444. The fourth-order valence-electron chi connectivity index (χ4n) is 3.44. The van der Waals surface area contributed by atoms with Crippen molar-refractivity contribution in [2.45, 2.75) is 6.54 Å². The van der Waals surface area contributed by atoms with Crippen LogP contribution in [-0.4, -0.2) is 42.2 Å². The number of rotatable bonds is 6. The van der Waals surface area contributed by atoms with Crippen LogP contribution in [0.15, 0.2) is 78.9 Å². The first kappa shape index (κ1) is 21.0. The second kappa shape index (κ2) is 8.85. The molecule has 32 heavy (non-hydrogen) atoms. The molecule has 0 bridgehead atoms. The molecule has 0 aliphatic carbocycles. The highest BCUT2D eigenvalue weighted by Gasteiger charge is 2.36. The molecule has 0 N–H and O–H groups in total. The molecule has 0 fully saturated rings. The van der Waals surface area contributed by atoms with Crippen molar-refractivity contribution in [2.24, 2.45) is 0 Å². The summed E-state index contributed by atoms with van der Waals surface area (Å²) in [5, 5.41) is 0. The molecular weight excluding hydrogens is 408 g/mol. The average Bonchev–Trinajstić information content (AvgIpc) is 3.08. The number of imide groups is 1. The third-order valence-electron chi connectivity index (χ3n) is 5.17. The maximum Gasteiger partial charge on any atom is 0.338 e. The SMILES string of the molecule is CN(Cc1ccccc1)C(=O)COC(=O)c1ccc(N2C(=O)c3ccccc3C2=O)cc1. The summed E-state index contributed by atoms with van der Waals surface area (Å²) in [5.74, 6) is -1.81. The molecule has 4 rings (SSSR count). The van der Waals surface area contributed by atoms with Crippen molar-refractivity contribution < 1.29 is 23.9 Å². The van der Waals surface area contributed by atoms with Gasteiger partial charge >= 0.3 is 5.97 Å². The third-order valence-corrected chi connectivity index (χ3v) is 5.17. The van der Waals surface area contributed by atoms with E-state index in [0.29, 0.717) is 23.4 Å². The summed E-state index contributed by atoms with van der Waals surface area (Å²) >= 11 is 0. The molecule has 3 aromatic carbocycles. The highest BCUT2D eigenvalue weighted by Crippen LogP contribution is 2.28. The molecule has 7 heteroatoms. The van der Waals surface area contributed by atoms with E-state index in [1.54, 1.807) is 31.3 Å². The van der Waals surface area contributed by atoms with E-state index in [-0.39, 0.29) is 18.1 Å². The third kappa shape index (κ3) is 4.13. The van der Waals surface area contributed by atoms with Gasteiger partial charge in [-0.3, -0.25) is 14.4 Å². The molecule has 0 saturated carbocycles. The number of hydrogen-bond acceptors (Lipinski definition) is 5. The molecule has 0 radical (unpaired) electrons. The largest absolute Gasteiger partial charge is 0.452 e. The zero-order chi connectivity index (χ0) is 22.7. The fraction of sp³-hybridized carbons (Fsp3) is 0.120. The van der Waals surface area contributed by atoms with Crippen molar-refractivity contribution in [1.29, 1.82) is 0 Å². The van der Waals surface area contributed by atoms with Gasteiger partial charge in [-0.05, 0) is 42.0 Å². The van der Waals surface area contributed by atoms with Crippen LogP contribution in [0.25, 0.3) is 0 Å². The van der Waals surface area contributed by atoms with Gasteiger partial charge in [0.15, 0.2) is 6.61 Å². The standard InChI is InChI=1S/C25H20N2O5/c1-26(15-17-7-3-2-4-8-17)22(28)16-32-25(31)18-11-13-19(14-12-18)27-23(29)20-9-5-6-10-21(20)24(27)30/h2-14H,15-16H2,1H3. The smallest absolute Gasteiger partial charge is 0.338 e. The van der Waals surface area contributed by atoms with Crippen LogP contribution < -0.4 is 4.90 Å². The Morgan fingerprint density at radius 1 is 0.812 bits per heavy atom. The van der Waals surface area contributed by atoms with E-state index in [1.807, 2.05) is 30.3 Å². The summed E-state index contributed by atoms with van der Waals surface area (Å²) < 4.78 is 5.13. The number of benzene rings is 3. The van der Waals surface area contributed by atoms with Crippen LogP contribution >= 0.6 is 0 Å². The zero-order valence-corrected chi connectivity index (χ0v) is 17.4. The van der Waals surface area contributed by atoms with Crippen LogP contribution in [0.1, 0.15) is 36.6 Å². The minimum absolute atomic E-state index is 0.212. The Morgan fingerprint density at radius 3 is 1.97 bits per heavy atom. The number of nitrogens with zero attached hydrogens (tertiary/aromatic N) is 2. The van der Waals surface area contributed by atoms with Crippen LogP contribution in [0, 0.1) is 0 Å². The van der Waals surface area contributed by atoms with Gasteiger partial charge < -0.3 is 9.64 Å². The van der Waals surface area contributed by atoms with Crippen LogP contribution in [0.3, 0.4) is 0 Å². The molecule has 0 atom stereocenters. The van der Waals surface area contributed by atoms with E-state index in [9.17, 15) is 19.2 Å². The van der Waals surface area contributed by atoms with E-state index < -0.39 is 17.8 Å². The topological polar surface area (TPSA) is 84.0 Å². The lowest BCUT2D eigenvalue weighted by atomic mass is 10.1. The number of carbonyl (C=O) groups excluding carboxylic acids is 4. The first-order valence-corrected chi connectivity index (χ1v) is 9.98. The molecular formula is C25H20N2O5. The molecule has 160 valence electrons. The number of anilines is 1. The lowest BCUT2D eigenvalue weighted by Crippen LogP contribution is -2.31. The molecule has 0 aromatic heterocycles. The predicted molar refractivity (Wildman–Crippen MR) is 117 cm³/mol. The predicted octanol–water partition coefficient (Wildman–Crippen LogP) is 3.30.